The van der Waals surface area contributed by atoms with Crippen LogP contribution in [0.15, 0.2) is 24.3 Å². The summed E-state index contributed by atoms with van der Waals surface area (Å²) < 4.78 is 37.9. The molecule has 2 rings (SSSR count). The van der Waals surface area contributed by atoms with Gasteiger partial charge >= 0.3 is 12.3 Å². The fourth-order valence-electron chi connectivity index (χ4n) is 2.37. The Kier molecular flexibility index (Phi) is 3.68. The molecule has 0 atom stereocenters. The minimum Gasteiger partial charge on any atom is -0.465 e. The number of likely N-dealkylation sites (tertiary alicyclic amines) is 1. The molecule has 0 radical (unpaired) electrons. The molecule has 1 fully saturated rings. The standard InChI is InChI=1S/C13H14F3NO2/c14-13(15,16)11-3-1-2-10(8-11)9-4-6-17(7-5-9)12(18)19/h1-3,8-9H,4-7H2,(H,18,19). The number of piperidine rings is 1. The van der Waals surface area contributed by atoms with E-state index in [1.807, 2.05) is 0 Å². The topological polar surface area (TPSA) is 40.5 Å². The predicted molar refractivity (Wildman–Crippen MR) is 63.0 cm³/mol. The van der Waals surface area contributed by atoms with Crippen LogP contribution < -0.4 is 0 Å². The monoisotopic (exact) mass is 273 g/mol. The van der Waals surface area contributed by atoms with Crippen molar-refractivity contribution in [3.8, 4) is 0 Å². The van der Waals surface area contributed by atoms with E-state index in [0.29, 0.717) is 31.5 Å². The number of hydrogen-bond acceptors (Lipinski definition) is 1. The van der Waals surface area contributed by atoms with Crippen LogP contribution >= 0.6 is 0 Å². The van der Waals surface area contributed by atoms with Gasteiger partial charge in [-0.1, -0.05) is 18.2 Å². The van der Waals surface area contributed by atoms with Crippen molar-refractivity contribution in [2.24, 2.45) is 0 Å². The van der Waals surface area contributed by atoms with Crippen LogP contribution in [0.1, 0.15) is 29.9 Å². The number of rotatable bonds is 1. The van der Waals surface area contributed by atoms with Crippen molar-refractivity contribution < 1.29 is 23.1 Å². The summed E-state index contributed by atoms with van der Waals surface area (Å²) in [5.74, 6) is -0.00194. The van der Waals surface area contributed by atoms with Crippen molar-refractivity contribution in [2.75, 3.05) is 13.1 Å². The van der Waals surface area contributed by atoms with E-state index in [2.05, 4.69) is 0 Å². The maximum atomic E-state index is 12.6. The Labute approximate surface area is 108 Å². The van der Waals surface area contributed by atoms with Gasteiger partial charge in [-0.15, -0.1) is 0 Å². The Hall–Kier alpha value is -1.72. The van der Waals surface area contributed by atoms with Gasteiger partial charge in [0.15, 0.2) is 0 Å². The molecule has 0 unspecified atom stereocenters. The lowest BCUT2D eigenvalue weighted by Gasteiger charge is -2.30. The van der Waals surface area contributed by atoms with Crippen molar-refractivity contribution in [3.63, 3.8) is 0 Å². The average Bonchev–Trinajstić information content (AvgIpc) is 2.38. The number of halogens is 3. The van der Waals surface area contributed by atoms with Gasteiger partial charge in [0.2, 0.25) is 0 Å². The third-order valence-corrected chi connectivity index (χ3v) is 3.45. The van der Waals surface area contributed by atoms with Crippen molar-refractivity contribution in [1.82, 2.24) is 4.90 Å². The molecule has 1 aliphatic rings. The van der Waals surface area contributed by atoms with Gasteiger partial charge in [-0.2, -0.15) is 13.2 Å². The van der Waals surface area contributed by atoms with Gasteiger partial charge < -0.3 is 10.0 Å². The maximum Gasteiger partial charge on any atom is 0.416 e. The molecule has 0 aliphatic carbocycles. The number of hydrogen-bond donors (Lipinski definition) is 1. The van der Waals surface area contributed by atoms with E-state index in [1.54, 1.807) is 6.07 Å². The molecular formula is C13H14F3NO2. The first kappa shape index (κ1) is 13.7. The molecule has 1 saturated heterocycles. The largest absolute Gasteiger partial charge is 0.465 e. The zero-order valence-electron chi connectivity index (χ0n) is 10.2. The molecule has 1 heterocycles. The summed E-state index contributed by atoms with van der Waals surface area (Å²) in [6.07, 6.45) is -4.18. The fourth-order valence-corrected chi connectivity index (χ4v) is 2.37. The highest BCUT2D eigenvalue weighted by atomic mass is 19.4. The van der Waals surface area contributed by atoms with Crippen LogP contribution in [-0.2, 0) is 6.18 Å². The summed E-state index contributed by atoms with van der Waals surface area (Å²) in [4.78, 5) is 12.1. The smallest absolute Gasteiger partial charge is 0.416 e. The second kappa shape index (κ2) is 5.11. The summed E-state index contributed by atoms with van der Waals surface area (Å²) in [5, 5.41) is 8.82. The van der Waals surface area contributed by atoms with Gasteiger partial charge in [-0.25, -0.2) is 4.79 Å². The van der Waals surface area contributed by atoms with Crippen molar-refractivity contribution >= 4 is 6.09 Å². The van der Waals surface area contributed by atoms with Crippen LogP contribution in [0.5, 0.6) is 0 Å². The third kappa shape index (κ3) is 3.19. The minimum absolute atomic E-state index is 0.00194. The highest BCUT2D eigenvalue weighted by Crippen LogP contribution is 2.34. The molecular weight excluding hydrogens is 259 g/mol. The number of amides is 1. The van der Waals surface area contributed by atoms with E-state index < -0.39 is 17.8 Å². The molecule has 0 bridgehead atoms. The summed E-state index contributed by atoms with van der Waals surface area (Å²) in [6, 6.07) is 5.30. The highest BCUT2D eigenvalue weighted by molar-refractivity contribution is 5.65. The van der Waals surface area contributed by atoms with E-state index in [0.717, 1.165) is 6.07 Å². The number of alkyl halides is 3. The average molecular weight is 273 g/mol. The second-order valence-corrected chi connectivity index (χ2v) is 4.67. The predicted octanol–water partition coefficient (Wildman–Crippen LogP) is 3.56. The second-order valence-electron chi connectivity index (χ2n) is 4.67. The van der Waals surface area contributed by atoms with Crippen LogP contribution in [-0.4, -0.2) is 29.2 Å². The molecule has 1 amide bonds. The van der Waals surface area contributed by atoms with E-state index in [9.17, 15) is 18.0 Å². The first-order chi connectivity index (χ1) is 8.88. The van der Waals surface area contributed by atoms with Crippen LogP contribution in [0.2, 0.25) is 0 Å². The van der Waals surface area contributed by atoms with Crippen molar-refractivity contribution in [3.05, 3.63) is 35.4 Å². The number of benzene rings is 1. The molecule has 1 N–H and O–H groups in total. The number of carboxylic acid groups (broad SMARTS) is 1. The Morgan fingerprint density at radius 1 is 1.26 bits per heavy atom. The zero-order chi connectivity index (χ0) is 14.0. The van der Waals surface area contributed by atoms with E-state index >= 15 is 0 Å². The van der Waals surface area contributed by atoms with Gasteiger partial charge in [0.05, 0.1) is 5.56 Å². The quantitative estimate of drug-likeness (QED) is 0.849. The van der Waals surface area contributed by atoms with Crippen molar-refractivity contribution in [1.29, 1.82) is 0 Å². The molecule has 0 spiro atoms. The molecule has 0 aromatic heterocycles. The maximum absolute atomic E-state index is 12.6. The molecule has 6 heteroatoms. The lowest BCUT2D eigenvalue weighted by atomic mass is 9.88. The lowest BCUT2D eigenvalue weighted by Crippen LogP contribution is -2.36. The SMILES string of the molecule is O=C(O)N1CCC(c2cccc(C(F)(F)F)c2)CC1. The molecule has 1 aromatic rings. The molecule has 0 saturated carbocycles. The van der Waals surface area contributed by atoms with Crippen LogP contribution in [0.4, 0.5) is 18.0 Å². The number of carbonyl (C=O) groups is 1. The van der Waals surface area contributed by atoms with Gasteiger partial charge in [0.25, 0.3) is 0 Å². The fraction of sp³-hybridized carbons (Fsp3) is 0.462. The Bertz CT molecular complexity index is 465. The van der Waals surface area contributed by atoms with E-state index in [4.69, 9.17) is 5.11 Å². The van der Waals surface area contributed by atoms with Gasteiger partial charge in [0.1, 0.15) is 0 Å². The summed E-state index contributed by atoms with van der Waals surface area (Å²) >= 11 is 0. The van der Waals surface area contributed by atoms with Gasteiger partial charge in [-0.05, 0) is 30.4 Å². The molecule has 19 heavy (non-hydrogen) atoms. The van der Waals surface area contributed by atoms with Gasteiger partial charge in [0, 0.05) is 13.1 Å². The Morgan fingerprint density at radius 2 is 1.89 bits per heavy atom. The minimum atomic E-state index is -4.34. The Morgan fingerprint density at radius 3 is 2.42 bits per heavy atom. The summed E-state index contributed by atoms with van der Waals surface area (Å²) in [6.45, 7) is 0.743. The lowest BCUT2D eigenvalue weighted by molar-refractivity contribution is -0.137. The van der Waals surface area contributed by atoms with E-state index in [-0.39, 0.29) is 5.92 Å². The first-order valence-electron chi connectivity index (χ1n) is 6.03. The van der Waals surface area contributed by atoms with Crippen LogP contribution in [0, 0.1) is 0 Å². The number of nitrogens with zero attached hydrogens (tertiary/aromatic N) is 1. The Balaban J connectivity index is 2.10. The van der Waals surface area contributed by atoms with E-state index in [1.165, 1.54) is 17.0 Å². The van der Waals surface area contributed by atoms with Crippen molar-refractivity contribution in [2.45, 2.75) is 24.9 Å². The molecule has 1 aliphatic heterocycles. The molecule has 1 aromatic carbocycles. The zero-order valence-corrected chi connectivity index (χ0v) is 10.2. The molecule has 104 valence electrons. The summed E-state index contributed by atoms with van der Waals surface area (Å²) in [7, 11) is 0. The van der Waals surface area contributed by atoms with Gasteiger partial charge in [-0.3, -0.25) is 0 Å². The van der Waals surface area contributed by atoms with Crippen LogP contribution in [0.3, 0.4) is 0 Å². The third-order valence-electron chi connectivity index (χ3n) is 3.45. The molecule has 3 nitrogen and oxygen atoms in total. The first-order valence-corrected chi connectivity index (χ1v) is 6.03. The van der Waals surface area contributed by atoms with Crippen LogP contribution in [0.25, 0.3) is 0 Å². The highest BCUT2D eigenvalue weighted by Gasteiger charge is 2.31. The normalized spacial score (nSPS) is 17.5. The summed E-state index contributed by atoms with van der Waals surface area (Å²) in [5.41, 5.74) is -0.00877.